The van der Waals surface area contributed by atoms with Gasteiger partial charge in [-0.25, -0.2) is 4.98 Å². The van der Waals surface area contributed by atoms with Gasteiger partial charge in [-0.1, -0.05) is 53.7 Å². The van der Waals surface area contributed by atoms with Gasteiger partial charge in [0.15, 0.2) is 0 Å². The fourth-order valence-electron chi connectivity index (χ4n) is 4.38. The van der Waals surface area contributed by atoms with Crippen molar-refractivity contribution in [2.45, 2.75) is 23.8 Å². The molecule has 0 spiro atoms. The van der Waals surface area contributed by atoms with E-state index in [-0.39, 0.29) is 5.91 Å². The maximum Gasteiger partial charge on any atom is 0.254 e. The first-order valence-corrected chi connectivity index (χ1v) is 12.6. The average molecular weight is 488 g/mol. The van der Waals surface area contributed by atoms with Gasteiger partial charge in [0, 0.05) is 47.2 Å². The van der Waals surface area contributed by atoms with Crippen LogP contribution in [0.5, 0.6) is 0 Å². The van der Waals surface area contributed by atoms with Crippen molar-refractivity contribution in [1.29, 1.82) is 0 Å². The van der Waals surface area contributed by atoms with Crippen LogP contribution >= 0.6 is 23.4 Å². The summed E-state index contributed by atoms with van der Waals surface area (Å²) < 4.78 is 0. The van der Waals surface area contributed by atoms with Crippen molar-refractivity contribution >= 4 is 45.9 Å². The van der Waals surface area contributed by atoms with Gasteiger partial charge in [-0.2, -0.15) is 0 Å². The molecule has 1 aromatic heterocycles. The van der Waals surface area contributed by atoms with Crippen molar-refractivity contribution in [2.75, 3.05) is 31.1 Å². The summed E-state index contributed by atoms with van der Waals surface area (Å²) in [5, 5.41) is 2.40. The van der Waals surface area contributed by atoms with Crippen LogP contribution in [0.15, 0.2) is 82.7 Å². The topological polar surface area (TPSA) is 36.4 Å². The maximum absolute atomic E-state index is 13.7. The van der Waals surface area contributed by atoms with Crippen molar-refractivity contribution in [2.24, 2.45) is 0 Å². The molecule has 0 atom stereocenters. The van der Waals surface area contributed by atoms with Crippen LogP contribution in [0, 0.1) is 13.8 Å². The predicted molar refractivity (Wildman–Crippen MR) is 141 cm³/mol. The number of fused-ring (bicyclic) bond motifs is 1. The van der Waals surface area contributed by atoms with E-state index < -0.39 is 0 Å². The van der Waals surface area contributed by atoms with Crippen LogP contribution in [-0.2, 0) is 0 Å². The summed E-state index contributed by atoms with van der Waals surface area (Å²) >= 11 is 7.57. The van der Waals surface area contributed by atoms with Gasteiger partial charge in [0.1, 0.15) is 5.03 Å². The Morgan fingerprint density at radius 1 is 0.912 bits per heavy atom. The van der Waals surface area contributed by atoms with Gasteiger partial charge in [-0.05, 0) is 67.4 Å². The number of anilines is 1. The normalized spacial score (nSPS) is 14.0. The summed E-state index contributed by atoms with van der Waals surface area (Å²) in [5.41, 5.74) is 5.34. The number of amides is 1. The zero-order valence-electron chi connectivity index (χ0n) is 19.3. The number of piperazine rings is 1. The van der Waals surface area contributed by atoms with Crippen LogP contribution in [0.25, 0.3) is 10.9 Å². The minimum Gasteiger partial charge on any atom is -0.368 e. The minimum atomic E-state index is 0.0668. The summed E-state index contributed by atoms with van der Waals surface area (Å²) in [7, 11) is 0. The molecule has 5 rings (SSSR count). The highest BCUT2D eigenvalue weighted by Gasteiger charge is 2.25. The van der Waals surface area contributed by atoms with E-state index in [1.807, 2.05) is 59.5 Å². The molecule has 4 nitrogen and oxygen atoms in total. The van der Waals surface area contributed by atoms with E-state index in [1.165, 1.54) is 16.8 Å². The quantitative estimate of drug-likeness (QED) is 0.324. The lowest BCUT2D eigenvalue weighted by Crippen LogP contribution is -2.49. The van der Waals surface area contributed by atoms with E-state index in [0.717, 1.165) is 33.9 Å². The SMILES string of the molecule is Cc1ccc(C)c(N2CCN(C(=O)c3cc(Sc4ccc(Cl)cc4)nc4ccccc34)CC2)c1. The Labute approximate surface area is 209 Å². The Hall–Kier alpha value is -3.02. The van der Waals surface area contributed by atoms with Crippen molar-refractivity contribution in [1.82, 2.24) is 9.88 Å². The Kier molecular flexibility index (Phi) is 6.48. The van der Waals surface area contributed by atoms with Gasteiger partial charge >= 0.3 is 0 Å². The average Bonchev–Trinajstić information content (AvgIpc) is 2.86. The molecule has 2 heterocycles. The second-order valence-electron chi connectivity index (χ2n) is 8.65. The smallest absolute Gasteiger partial charge is 0.254 e. The molecule has 1 saturated heterocycles. The van der Waals surface area contributed by atoms with Gasteiger partial charge in [0.2, 0.25) is 0 Å². The maximum atomic E-state index is 13.7. The number of aryl methyl sites for hydroxylation is 2. The van der Waals surface area contributed by atoms with Crippen LogP contribution < -0.4 is 4.90 Å². The lowest BCUT2D eigenvalue weighted by Gasteiger charge is -2.37. The molecule has 3 aromatic carbocycles. The number of rotatable bonds is 4. The molecule has 172 valence electrons. The number of para-hydroxylation sites is 1. The first kappa shape index (κ1) is 22.8. The van der Waals surface area contributed by atoms with Crippen molar-refractivity contribution in [3.8, 4) is 0 Å². The summed E-state index contributed by atoms with van der Waals surface area (Å²) in [6.07, 6.45) is 0. The van der Waals surface area contributed by atoms with Crippen LogP contribution in [0.3, 0.4) is 0 Å². The monoisotopic (exact) mass is 487 g/mol. The molecule has 4 aromatic rings. The van der Waals surface area contributed by atoms with Gasteiger partial charge in [-0.3, -0.25) is 4.79 Å². The lowest BCUT2D eigenvalue weighted by molar-refractivity contribution is 0.0748. The Bertz CT molecular complexity index is 1350. The molecule has 1 fully saturated rings. The van der Waals surface area contributed by atoms with Crippen LogP contribution in [0.1, 0.15) is 21.5 Å². The summed E-state index contributed by atoms with van der Waals surface area (Å²) in [4.78, 5) is 23.9. The molecular weight excluding hydrogens is 462 g/mol. The van der Waals surface area contributed by atoms with E-state index in [0.29, 0.717) is 23.7 Å². The van der Waals surface area contributed by atoms with Crippen molar-refractivity contribution in [3.05, 3.63) is 94.5 Å². The van der Waals surface area contributed by atoms with Crippen LogP contribution in [-0.4, -0.2) is 42.0 Å². The number of hydrogen-bond acceptors (Lipinski definition) is 4. The zero-order chi connectivity index (χ0) is 23.7. The largest absolute Gasteiger partial charge is 0.368 e. The Balaban J connectivity index is 1.39. The number of halogens is 1. The van der Waals surface area contributed by atoms with E-state index in [2.05, 4.69) is 36.9 Å². The van der Waals surface area contributed by atoms with Crippen LogP contribution in [0.4, 0.5) is 5.69 Å². The highest BCUT2D eigenvalue weighted by Crippen LogP contribution is 2.31. The number of benzene rings is 3. The number of carbonyl (C=O) groups is 1. The first-order valence-electron chi connectivity index (χ1n) is 11.4. The number of hydrogen-bond donors (Lipinski definition) is 0. The van der Waals surface area contributed by atoms with Crippen LogP contribution in [0.2, 0.25) is 5.02 Å². The molecule has 6 heteroatoms. The second kappa shape index (κ2) is 9.69. The molecule has 0 saturated carbocycles. The first-order chi connectivity index (χ1) is 16.5. The standard InChI is InChI=1S/C28H26ClN3OS/c1-19-7-8-20(2)26(17-19)31-13-15-32(16-14-31)28(33)24-18-27(30-25-6-4-3-5-23(24)25)34-22-11-9-21(29)10-12-22/h3-12,17-18H,13-16H2,1-2H3. The van der Waals surface area contributed by atoms with E-state index in [9.17, 15) is 4.79 Å². The van der Waals surface area contributed by atoms with Gasteiger partial charge < -0.3 is 9.80 Å². The highest BCUT2D eigenvalue weighted by atomic mass is 35.5. The van der Waals surface area contributed by atoms with Gasteiger partial charge in [-0.15, -0.1) is 0 Å². The molecule has 1 amide bonds. The molecule has 0 unspecified atom stereocenters. The fourth-order valence-corrected chi connectivity index (χ4v) is 5.35. The Morgan fingerprint density at radius 2 is 1.65 bits per heavy atom. The third-order valence-electron chi connectivity index (χ3n) is 6.23. The molecule has 0 radical (unpaired) electrons. The predicted octanol–water partition coefficient (Wildman–Crippen LogP) is 6.62. The van der Waals surface area contributed by atoms with Crippen molar-refractivity contribution < 1.29 is 4.79 Å². The second-order valence-corrected chi connectivity index (χ2v) is 10.2. The summed E-state index contributed by atoms with van der Waals surface area (Å²) in [6, 6.07) is 24.0. The van der Waals surface area contributed by atoms with Gasteiger partial charge in [0.25, 0.3) is 5.91 Å². The molecule has 1 aliphatic heterocycles. The molecule has 1 aliphatic rings. The number of nitrogens with zero attached hydrogens (tertiary/aromatic N) is 3. The number of pyridine rings is 1. The Morgan fingerprint density at radius 3 is 2.41 bits per heavy atom. The van der Waals surface area contributed by atoms with Gasteiger partial charge in [0.05, 0.1) is 11.1 Å². The zero-order valence-corrected chi connectivity index (χ0v) is 20.9. The third kappa shape index (κ3) is 4.77. The summed E-state index contributed by atoms with van der Waals surface area (Å²) in [6.45, 7) is 7.31. The van der Waals surface area contributed by atoms with E-state index in [1.54, 1.807) is 11.8 Å². The van der Waals surface area contributed by atoms with E-state index >= 15 is 0 Å². The summed E-state index contributed by atoms with van der Waals surface area (Å²) in [5.74, 6) is 0.0668. The fraction of sp³-hybridized carbons (Fsp3) is 0.214. The molecule has 34 heavy (non-hydrogen) atoms. The molecule has 0 N–H and O–H groups in total. The lowest BCUT2D eigenvalue weighted by atomic mass is 10.1. The number of aromatic nitrogens is 1. The molecular formula is C28H26ClN3OS. The third-order valence-corrected chi connectivity index (χ3v) is 7.41. The van der Waals surface area contributed by atoms with Crippen molar-refractivity contribution in [3.63, 3.8) is 0 Å². The minimum absolute atomic E-state index is 0.0668. The van der Waals surface area contributed by atoms with E-state index in [4.69, 9.17) is 16.6 Å². The number of carbonyl (C=O) groups excluding carboxylic acids is 1. The molecule has 0 bridgehead atoms. The molecule has 0 aliphatic carbocycles. The highest BCUT2D eigenvalue weighted by molar-refractivity contribution is 7.99.